The van der Waals surface area contributed by atoms with Crippen molar-refractivity contribution in [2.24, 2.45) is 0 Å². The van der Waals surface area contributed by atoms with Crippen molar-refractivity contribution >= 4 is 11.7 Å². The van der Waals surface area contributed by atoms with Crippen molar-refractivity contribution in [3.05, 3.63) is 125 Å². The number of rotatable bonds is 8. The molecule has 4 aromatic rings. The zero-order valence-corrected chi connectivity index (χ0v) is 20.0. The molecule has 1 aromatic heterocycles. The molecule has 0 saturated carbocycles. The minimum absolute atomic E-state index is 0.255. The molecular weight excluding hydrogens is 463 g/mol. The van der Waals surface area contributed by atoms with E-state index in [9.17, 15) is 18.0 Å². The molecule has 4 rings (SSSR count). The third-order valence-electron chi connectivity index (χ3n) is 6.00. The van der Waals surface area contributed by atoms with E-state index in [-0.39, 0.29) is 12.6 Å². The average molecular weight is 492 g/mol. The fraction of sp³-hybridized carbons (Fsp3) is 0.207. The molecule has 0 aliphatic heterocycles. The molecule has 0 fully saturated rings. The Morgan fingerprint density at radius 3 is 2.25 bits per heavy atom. The lowest BCUT2D eigenvalue weighted by atomic mass is 10.1. The molecule has 36 heavy (non-hydrogen) atoms. The van der Waals surface area contributed by atoms with Gasteiger partial charge >= 0.3 is 12.2 Å². The predicted molar refractivity (Wildman–Crippen MR) is 136 cm³/mol. The van der Waals surface area contributed by atoms with Crippen molar-refractivity contribution in [2.45, 2.75) is 39.2 Å². The SMILES string of the molecule is CCc1ccc(NC(=O)N(Cc2ccccc2)Cc2cccn2Cc2cccc(C(F)(F)F)c2)cc1. The van der Waals surface area contributed by atoms with Crippen LogP contribution in [0.3, 0.4) is 0 Å². The van der Waals surface area contributed by atoms with E-state index in [1.165, 1.54) is 11.6 Å². The fourth-order valence-corrected chi connectivity index (χ4v) is 4.02. The molecule has 0 aliphatic rings. The summed E-state index contributed by atoms with van der Waals surface area (Å²) in [5.41, 5.74) is 3.55. The first kappa shape index (κ1) is 25.1. The fourth-order valence-electron chi connectivity index (χ4n) is 4.02. The van der Waals surface area contributed by atoms with Crippen LogP contribution in [0.1, 0.15) is 34.9 Å². The van der Waals surface area contributed by atoms with Gasteiger partial charge < -0.3 is 14.8 Å². The third-order valence-corrected chi connectivity index (χ3v) is 6.00. The lowest BCUT2D eigenvalue weighted by Gasteiger charge is -2.24. The van der Waals surface area contributed by atoms with E-state index in [1.807, 2.05) is 77.5 Å². The van der Waals surface area contributed by atoms with Gasteiger partial charge in [0.25, 0.3) is 0 Å². The van der Waals surface area contributed by atoms with E-state index in [1.54, 1.807) is 11.0 Å². The first-order chi connectivity index (χ1) is 17.3. The smallest absolute Gasteiger partial charge is 0.345 e. The normalized spacial score (nSPS) is 11.3. The highest BCUT2D eigenvalue weighted by Gasteiger charge is 2.30. The number of nitrogens with one attached hydrogen (secondary N) is 1. The van der Waals surface area contributed by atoms with Crippen LogP contribution in [-0.2, 0) is 32.2 Å². The molecule has 0 saturated heterocycles. The summed E-state index contributed by atoms with van der Waals surface area (Å²) < 4.78 is 41.3. The van der Waals surface area contributed by atoms with Crippen molar-refractivity contribution in [3.8, 4) is 0 Å². The minimum atomic E-state index is -4.39. The van der Waals surface area contributed by atoms with Crippen LogP contribution in [0.5, 0.6) is 0 Å². The molecule has 0 atom stereocenters. The molecule has 1 heterocycles. The van der Waals surface area contributed by atoms with Gasteiger partial charge in [0.15, 0.2) is 0 Å². The Bertz CT molecular complexity index is 1280. The van der Waals surface area contributed by atoms with E-state index >= 15 is 0 Å². The summed E-state index contributed by atoms with van der Waals surface area (Å²) in [7, 11) is 0. The number of aryl methyl sites for hydroxylation is 1. The summed E-state index contributed by atoms with van der Waals surface area (Å²) in [6.45, 7) is 3.02. The third kappa shape index (κ3) is 6.56. The number of amides is 2. The maximum Gasteiger partial charge on any atom is 0.416 e. The summed E-state index contributed by atoms with van der Waals surface area (Å²) in [6, 6.07) is 26.2. The number of alkyl halides is 3. The molecular formula is C29H28F3N3O. The Morgan fingerprint density at radius 1 is 0.833 bits per heavy atom. The van der Waals surface area contributed by atoms with Gasteiger partial charge in [0.2, 0.25) is 0 Å². The summed E-state index contributed by atoms with van der Waals surface area (Å²) in [4.78, 5) is 15.0. The standard InChI is InChI=1S/C29H28F3N3O/c1-2-22-13-15-26(16-14-22)33-28(36)35(19-23-8-4-3-5-9-23)21-27-12-7-17-34(27)20-24-10-6-11-25(18-24)29(30,31)32/h3-18H,2,19-21H2,1H3,(H,33,36). The Hall–Kier alpha value is -4.00. The number of carbonyl (C=O) groups excluding carboxylic acids is 1. The Kier molecular flexibility index (Phi) is 7.78. The first-order valence-electron chi connectivity index (χ1n) is 11.8. The maximum absolute atomic E-state index is 13.3. The number of hydrogen-bond donors (Lipinski definition) is 1. The first-order valence-corrected chi connectivity index (χ1v) is 11.8. The van der Waals surface area contributed by atoms with E-state index in [0.717, 1.165) is 29.8 Å². The molecule has 1 N–H and O–H groups in total. The number of benzene rings is 3. The Morgan fingerprint density at radius 2 is 1.56 bits per heavy atom. The van der Waals surface area contributed by atoms with Crippen LogP contribution in [0.25, 0.3) is 0 Å². The molecule has 0 bridgehead atoms. The van der Waals surface area contributed by atoms with Crippen molar-refractivity contribution < 1.29 is 18.0 Å². The number of nitrogens with zero attached hydrogens (tertiary/aromatic N) is 2. The molecule has 3 aromatic carbocycles. The second-order valence-corrected chi connectivity index (χ2v) is 8.65. The summed E-state index contributed by atoms with van der Waals surface area (Å²) in [5.74, 6) is 0. The molecule has 0 unspecified atom stereocenters. The summed E-state index contributed by atoms with van der Waals surface area (Å²) in [6.07, 6.45) is -1.66. The highest BCUT2D eigenvalue weighted by molar-refractivity contribution is 5.89. The van der Waals surface area contributed by atoms with Gasteiger partial charge in [-0.15, -0.1) is 0 Å². The van der Waals surface area contributed by atoms with Crippen molar-refractivity contribution in [1.82, 2.24) is 9.47 Å². The van der Waals surface area contributed by atoms with Gasteiger partial charge in [-0.1, -0.05) is 61.5 Å². The molecule has 7 heteroatoms. The van der Waals surface area contributed by atoms with Gasteiger partial charge in [0, 0.05) is 30.7 Å². The lowest BCUT2D eigenvalue weighted by Crippen LogP contribution is -2.34. The number of urea groups is 1. The highest BCUT2D eigenvalue weighted by atomic mass is 19.4. The average Bonchev–Trinajstić information content (AvgIpc) is 3.30. The second kappa shape index (κ2) is 11.2. The molecule has 0 spiro atoms. The minimum Gasteiger partial charge on any atom is -0.345 e. The van der Waals surface area contributed by atoms with E-state index in [0.29, 0.717) is 24.3 Å². The van der Waals surface area contributed by atoms with Crippen LogP contribution in [-0.4, -0.2) is 15.5 Å². The van der Waals surface area contributed by atoms with Crippen LogP contribution in [0.2, 0.25) is 0 Å². The topological polar surface area (TPSA) is 37.3 Å². The second-order valence-electron chi connectivity index (χ2n) is 8.65. The van der Waals surface area contributed by atoms with Gasteiger partial charge in [-0.2, -0.15) is 13.2 Å². The van der Waals surface area contributed by atoms with Crippen molar-refractivity contribution in [3.63, 3.8) is 0 Å². The molecule has 2 amide bonds. The van der Waals surface area contributed by atoms with E-state index < -0.39 is 11.7 Å². The van der Waals surface area contributed by atoms with Crippen LogP contribution < -0.4 is 5.32 Å². The number of anilines is 1. The number of halogens is 3. The van der Waals surface area contributed by atoms with Crippen LogP contribution in [0.4, 0.5) is 23.7 Å². The number of aromatic nitrogens is 1. The summed E-state index contributed by atoms with van der Waals surface area (Å²) >= 11 is 0. The van der Waals surface area contributed by atoms with Crippen LogP contribution in [0.15, 0.2) is 97.2 Å². The monoisotopic (exact) mass is 491 g/mol. The highest BCUT2D eigenvalue weighted by Crippen LogP contribution is 2.29. The Balaban J connectivity index is 1.54. The molecule has 4 nitrogen and oxygen atoms in total. The van der Waals surface area contributed by atoms with Gasteiger partial charge in [-0.3, -0.25) is 0 Å². The largest absolute Gasteiger partial charge is 0.416 e. The van der Waals surface area contributed by atoms with E-state index in [2.05, 4.69) is 12.2 Å². The van der Waals surface area contributed by atoms with Crippen LogP contribution >= 0.6 is 0 Å². The van der Waals surface area contributed by atoms with Crippen molar-refractivity contribution in [2.75, 3.05) is 5.32 Å². The zero-order chi connectivity index (χ0) is 25.5. The molecule has 0 radical (unpaired) electrons. The maximum atomic E-state index is 13.3. The molecule has 0 aliphatic carbocycles. The van der Waals surface area contributed by atoms with E-state index in [4.69, 9.17) is 0 Å². The molecule has 186 valence electrons. The summed E-state index contributed by atoms with van der Waals surface area (Å²) in [5, 5.41) is 2.97. The van der Waals surface area contributed by atoms with Crippen LogP contribution in [0, 0.1) is 0 Å². The van der Waals surface area contributed by atoms with Gasteiger partial charge in [-0.05, 0) is 59.5 Å². The Labute approximate surface area is 209 Å². The number of hydrogen-bond acceptors (Lipinski definition) is 1. The zero-order valence-electron chi connectivity index (χ0n) is 20.0. The van der Waals surface area contributed by atoms with Gasteiger partial charge in [0.05, 0.1) is 12.1 Å². The predicted octanol–water partition coefficient (Wildman–Crippen LogP) is 7.35. The number of carbonyl (C=O) groups is 1. The van der Waals surface area contributed by atoms with Crippen molar-refractivity contribution in [1.29, 1.82) is 0 Å². The van der Waals surface area contributed by atoms with Gasteiger partial charge in [0.1, 0.15) is 0 Å². The quantitative estimate of drug-likeness (QED) is 0.275. The lowest BCUT2D eigenvalue weighted by molar-refractivity contribution is -0.137. The van der Waals surface area contributed by atoms with Gasteiger partial charge in [-0.25, -0.2) is 4.79 Å².